The van der Waals surface area contributed by atoms with Gasteiger partial charge in [0.2, 0.25) is 5.88 Å². The highest BCUT2D eigenvalue weighted by Gasteiger charge is 2.27. The molecule has 0 spiro atoms. The molecule has 0 aliphatic carbocycles. The highest BCUT2D eigenvalue weighted by molar-refractivity contribution is 5.68. The van der Waals surface area contributed by atoms with E-state index in [0.29, 0.717) is 45.4 Å². The summed E-state index contributed by atoms with van der Waals surface area (Å²) in [5.41, 5.74) is 2.95. The third-order valence-electron chi connectivity index (χ3n) is 6.56. The fraction of sp³-hybridized carbons (Fsp3) is 0.667. The van der Waals surface area contributed by atoms with Crippen molar-refractivity contribution in [3.63, 3.8) is 0 Å². The Labute approximate surface area is 214 Å². The van der Waals surface area contributed by atoms with Gasteiger partial charge in [-0.25, -0.2) is 0 Å². The Morgan fingerprint density at radius 3 is 2.39 bits per heavy atom. The predicted octanol–water partition coefficient (Wildman–Crippen LogP) is 2.35. The minimum atomic E-state index is -0.569. The molecule has 0 amide bonds. The van der Waals surface area contributed by atoms with E-state index in [4.69, 9.17) is 18.7 Å². The maximum atomic E-state index is 10.8. The van der Waals surface area contributed by atoms with Gasteiger partial charge in [0.05, 0.1) is 44.7 Å². The van der Waals surface area contributed by atoms with Crippen LogP contribution in [0.25, 0.3) is 11.3 Å². The molecule has 3 heterocycles. The standard InChI is InChI=1S/C27H42N4O5/c1-22(2)20-35-21-24(32)18-30(9-8-29-10-14-33-15-11-29)19-25-26(23-6-4-3-5-7-23)28-36-27(25)31-12-16-34-17-13-31/h3-7,22,24,32H,8-21H2,1-2H3. The van der Waals surface area contributed by atoms with Gasteiger partial charge in [0.1, 0.15) is 5.69 Å². The van der Waals surface area contributed by atoms with Crippen LogP contribution < -0.4 is 4.90 Å². The second-order valence-electron chi connectivity index (χ2n) is 10.1. The molecule has 1 N–H and O–H groups in total. The van der Waals surface area contributed by atoms with Crippen LogP contribution in [0.5, 0.6) is 0 Å². The van der Waals surface area contributed by atoms with E-state index in [2.05, 4.69) is 45.8 Å². The van der Waals surface area contributed by atoms with Gasteiger partial charge < -0.3 is 28.7 Å². The predicted molar refractivity (Wildman–Crippen MR) is 139 cm³/mol. The van der Waals surface area contributed by atoms with Crippen molar-refractivity contribution in [3.05, 3.63) is 35.9 Å². The minimum Gasteiger partial charge on any atom is -0.389 e. The zero-order chi connectivity index (χ0) is 25.2. The van der Waals surface area contributed by atoms with E-state index in [1.165, 1.54) is 0 Å². The highest BCUT2D eigenvalue weighted by Crippen LogP contribution is 2.33. The first-order valence-corrected chi connectivity index (χ1v) is 13.2. The lowest BCUT2D eigenvalue weighted by Crippen LogP contribution is -2.43. The molecule has 1 unspecified atom stereocenters. The number of hydrogen-bond acceptors (Lipinski definition) is 9. The summed E-state index contributed by atoms with van der Waals surface area (Å²) >= 11 is 0. The molecule has 36 heavy (non-hydrogen) atoms. The van der Waals surface area contributed by atoms with Crippen LogP contribution in [0, 0.1) is 5.92 Å². The molecule has 1 atom stereocenters. The van der Waals surface area contributed by atoms with E-state index >= 15 is 0 Å². The summed E-state index contributed by atoms with van der Waals surface area (Å²) in [6, 6.07) is 10.2. The van der Waals surface area contributed by atoms with Crippen LogP contribution >= 0.6 is 0 Å². The van der Waals surface area contributed by atoms with Gasteiger partial charge in [0.15, 0.2) is 0 Å². The molecule has 200 valence electrons. The monoisotopic (exact) mass is 502 g/mol. The van der Waals surface area contributed by atoms with E-state index in [1.54, 1.807) is 0 Å². The Kier molecular flexibility index (Phi) is 10.6. The number of aromatic nitrogens is 1. The summed E-state index contributed by atoms with van der Waals surface area (Å²) in [6.07, 6.45) is -0.569. The number of rotatable bonds is 13. The van der Waals surface area contributed by atoms with Crippen molar-refractivity contribution >= 4 is 5.88 Å². The molecule has 9 nitrogen and oxygen atoms in total. The van der Waals surface area contributed by atoms with Crippen molar-refractivity contribution in [2.24, 2.45) is 5.92 Å². The summed E-state index contributed by atoms with van der Waals surface area (Å²) in [4.78, 5) is 6.95. The van der Waals surface area contributed by atoms with Crippen LogP contribution in [0.1, 0.15) is 19.4 Å². The van der Waals surface area contributed by atoms with E-state index in [9.17, 15) is 5.11 Å². The number of aliphatic hydroxyl groups is 1. The van der Waals surface area contributed by atoms with E-state index in [-0.39, 0.29) is 0 Å². The van der Waals surface area contributed by atoms with Crippen molar-refractivity contribution in [1.82, 2.24) is 15.0 Å². The Morgan fingerprint density at radius 1 is 1.00 bits per heavy atom. The van der Waals surface area contributed by atoms with Crippen LogP contribution in [-0.4, -0.2) is 112 Å². The molecule has 0 bridgehead atoms. The third kappa shape index (κ3) is 7.99. The maximum Gasteiger partial charge on any atom is 0.232 e. The topological polar surface area (TPSA) is 83.7 Å². The van der Waals surface area contributed by atoms with Crippen LogP contribution in [0.3, 0.4) is 0 Å². The van der Waals surface area contributed by atoms with Gasteiger partial charge in [-0.3, -0.25) is 9.80 Å². The molecule has 0 saturated carbocycles. The van der Waals surface area contributed by atoms with Crippen LogP contribution in [-0.2, 0) is 20.8 Å². The molecule has 2 aliphatic rings. The average Bonchev–Trinajstić information content (AvgIpc) is 3.32. The number of hydrogen-bond donors (Lipinski definition) is 1. The third-order valence-corrected chi connectivity index (χ3v) is 6.56. The quantitative estimate of drug-likeness (QED) is 0.444. The van der Waals surface area contributed by atoms with Gasteiger partial charge in [-0.1, -0.05) is 49.3 Å². The molecule has 2 aromatic rings. The van der Waals surface area contributed by atoms with Crippen LogP contribution in [0.2, 0.25) is 0 Å². The van der Waals surface area contributed by atoms with Crippen molar-refractivity contribution < 1.29 is 23.8 Å². The highest BCUT2D eigenvalue weighted by atomic mass is 16.5. The molecule has 0 radical (unpaired) electrons. The summed E-state index contributed by atoms with van der Waals surface area (Å²) in [5, 5.41) is 15.4. The first-order valence-electron chi connectivity index (χ1n) is 13.2. The van der Waals surface area contributed by atoms with Crippen LogP contribution in [0.4, 0.5) is 5.88 Å². The van der Waals surface area contributed by atoms with E-state index in [0.717, 1.165) is 75.2 Å². The molecule has 4 rings (SSSR count). The van der Waals surface area contributed by atoms with E-state index < -0.39 is 6.10 Å². The van der Waals surface area contributed by atoms with Gasteiger partial charge in [-0.2, -0.15) is 0 Å². The first-order chi connectivity index (χ1) is 17.6. The molecule has 2 saturated heterocycles. The summed E-state index contributed by atoms with van der Waals surface area (Å²) < 4.78 is 22.8. The summed E-state index contributed by atoms with van der Waals surface area (Å²) in [6.45, 7) is 14.4. The average molecular weight is 503 g/mol. The lowest BCUT2D eigenvalue weighted by atomic mass is 10.1. The van der Waals surface area contributed by atoms with Gasteiger partial charge in [-0.05, 0) is 5.92 Å². The Bertz CT molecular complexity index is 882. The number of nitrogens with zero attached hydrogens (tertiary/aromatic N) is 4. The van der Waals surface area contributed by atoms with Crippen molar-refractivity contribution in [1.29, 1.82) is 0 Å². The molecule has 2 fully saturated rings. The van der Waals surface area contributed by atoms with Crippen molar-refractivity contribution in [2.45, 2.75) is 26.5 Å². The SMILES string of the molecule is CC(C)COCC(O)CN(CCN1CCOCC1)Cc1c(-c2ccccc2)noc1N1CCOCC1. The maximum absolute atomic E-state index is 10.8. The molecular formula is C27H42N4O5. The molecular weight excluding hydrogens is 460 g/mol. The van der Waals surface area contributed by atoms with Crippen molar-refractivity contribution in [3.8, 4) is 11.3 Å². The van der Waals surface area contributed by atoms with Gasteiger partial charge in [0.25, 0.3) is 0 Å². The number of morpholine rings is 2. The Morgan fingerprint density at radius 2 is 1.69 bits per heavy atom. The first kappa shape index (κ1) is 27.0. The summed E-state index contributed by atoms with van der Waals surface area (Å²) in [7, 11) is 0. The van der Waals surface area contributed by atoms with Crippen molar-refractivity contribution in [2.75, 3.05) is 90.4 Å². The van der Waals surface area contributed by atoms with Gasteiger partial charge in [-0.15, -0.1) is 0 Å². The lowest BCUT2D eigenvalue weighted by molar-refractivity contribution is 0.000966. The largest absolute Gasteiger partial charge is 0.389 e. The second-order valence-corrected chi connectivity index (χ2v) is 10.1. The number of anilines is 1. The number of benzene rings is 1. The number of aliphatic hydroxyl groups excluding tert-OH is 1. The fourth-order valence-corrected chi connectivity index (χ4v) is 4.64. The van der Waals surface area contributed by atoms with Gasteiger partial charge >= 0.3 is 0 Å². The normalized spacial score (nSPS) is 18.3. The Hall–Kier alpha value is -2.01. The molecule has 2 aliphatic heterocycles. The molecule has 1 aromatic carbocycles. The summed E-state index contributed by atoms with van der Waals surface area (Å²) in [5.74, 6) is 1.25. The zero-order valence-electron chi connectivity index (χ0n) is 21.8. The molecule has 1 aromatic heterocycles. The van der Waals surface area contributed by atoms with Gasteiger partial charge in [0, 0.05) is 64.5 Å². The van der Waals surface area contributed by atoms with E-state index in [1.807, 2.05) is 18.2 Å². The Balaban J connectivity index is 1.53. The lowest BCUT2D eigenvalue weighted by Gasteiger charge is -2.32. The molecule has 9 heteroatoms. The minimum absolute atomic E-state index is 0.331. The fourth-order valence-electron chi connectivity index (χ4n) is 4.64. The number of ether oxygens (including phenoxy) is 3. The van der Waals surface area contributed by atoms with Crippen LogP contribution in [0.15, 0.2) is 34.9 Å². The second kappa shape index (κ2) is 14.1. The smallest absolute Gasteiger partial charge is 0.232 e. The zero-order valence-corrected chi connectivity index (χ0v) is 21.8.